The first-order valence-corrected chi connectivity index (χ1v) is 24.4. The standard InChI is InChI=1S/C30H30F2N6O3.C24H25ClFN5O3/c1-6-23(40)36-12-13-37(18(5)15-36)28-19-14-21(32)26(24-20(31)8-7-9-22(24)39)34-29(19)38(30(41)35-28)27-17(4)10-11-33-25(27)16(2)3;1-31(2)8-3-4-23(32)30-21-11-17-20(12-22(21)34-16-7-9-33-13-16)27-14-28-24(17)29-15-5-6-19(26)18(25)10-15/h6-11,14,16,18,39H,1,12-13,15H2,2-5H3;3-6,10-12,14,16H,7-9,13H2,1-2H3,(H,30,32)(H,27,28,29)/b;4-3+/t;16-/m.0/s1. The highest BCUT2D eigenvalue weighted by Crippen LogP contribution is 2.38. The molecule has 0 bridgehead atoms. The van der Waals surface area contributed by atoms with Crippen LogP contribution in [-0.4, -0.2) is 122 Å². The molecular formula is C54H55ClF3N11O6. The van der Waals surface area contributed by atoms with Crippen LogP contribution in [0.15, 0.2) is 103 Å². The highest BCUT2D eigenvalue weighted by Gasteiger charge is 2.31. The second-order valence-corrected chi connectivity index (χ2v) is 18.9. The monoisotopic (exact) mass is 1050 g/mol. The molecule has 75 heavy (non-hydrogen) atoms. The molecule has 2 aliphatic rings. The van der Waals surface area contributed by atoms with Gasteiger partial charge in [-0.25, -0.2) is 37.5 Å². The number of halogens is 4. The van der Waals surface area contributed by atoms with Gasteiger partial charge in [0.25, 0.3) is 0 Å². The number of phenols is 1. The average molecular weight is 1050 g/mol. The Kier molecular flexibility index (Phi) is 16.4. The third kappa shape index (κ3) is 11.9. The number of nitrogens with one attached hydrogen (secondary N) is 2. The van der Waals surface area contributed by atoms with E-state index in [-0.39, 0.29) is 51.8 Å². The zero-order valence-corrected chi connectivity index (χ0v) is 42.8. The van der Waals surface area contributed by atoms with E-state index in [4.69, 9.17) is 21.1 Å². The van der Waals surface area contributed by atoms with Crippen molar-refractivity contribution in [2.75, 3.05) is 69.0 Å². The molecule has 6 heterocycles. The summed E-state index contributed by atoms with van der Waals surface area (Å²) in [6, 6.07) is 14.1. The van der Waals surface area contributed by atoms with Gasteiger partial charge in [0.05, 0.1) is 51.8 Å². The number of fused-ring (bicyclic) bond motifs is 2. The van der Waals surface area contributed by atoms with Gasteiger partial charge < -0.3 is 39.9 Å². The van der Waals surface area contributed by atoms with Crippen LogP contribution in [0.4, 0.5) is 36.2 Å². The van der Waals surface area contributed by atoms with E-state index in [0.717, 1.165) is 18.6 Å². The molecule has 1 unspecified atom stereocenters. The number of rotatable bonds is 13. The fourth-order valence-electron chi connectivity index (χ4n) is 8.75. The molecule has 7 aromatic rings. The molecule has 3 aromatic carbocycles. The molecule has 17 nitrogen and oxygen atoms in total. The summed E-state index contributed by atoms with van der Waals surface area (Å²) in [7, 11) is 3.84. The van der Waals surface area contributed by atoms with Crippen LogP contribution in [0.25, 0.3) is 38.9 Å². The Morgan fingerprint density at radius 2 is 1.81 bits per heavy atom. The zero-order valence-electron chi connectivity index (χ0n) is 42.1. The van der Waals surface area contributed by atoms with Crippen LogP contribution in [0, 0.1) is 24.4 Å². The summed E-state index contributed by atoms with van der Waals surface area (Å²) in [4.78, 5) is 66.2. The van der Waals surface area contributed by atoms with Crippen LogP contribution in [-0.2, 0) is 14.3 Å². The minimum Gasteiger partial charge on any atom is -0.507 e. The lowest BCUT2D eigenvalue weighted by Crippen LogP contribution is -2.54. The Balaban J connectivity index is 0.000000203. The van der Waals surface area contributed by atoms with Gasteiger partial charge in [-0.2, -0.15) is 4.98 Å². The summed E-state index contributed by atoms with van der Waals surface area (Å²) >= 11 is 5.91. The SMILES string of the molecule is C=CC(=O)N1CCN(c2nc(=O)n(-c3c(C)ccnc3C(C)C)c3nc(-c4c(O)cccc4F)c(F)cc23)C(C)C1.CN(C)C/C=C/C(=O)Nc1cc2c(Nc3ccc(F)c(Cl)c3)ncnc2cc1O[C@H]1CCOC1. The molecule has 2 amide bonds. The number of piperazine rings is 1. The van der Waals surface area contributed by atoms with Crippen LogP contribution in [0.2, 0.25) is 5.02 Å². The normalized spacial score (nSPS) is 15.7. The number of pyridine rings is 2. The molecule has 2 fully saturated rings. The summed E-state index contributed by atoms with van der Waals surface area (Å²) in [5.41, 5.74) is 1.93. The van der Waals surface area contributed by atoms with Gasteiger partial charge >= 0.3 is 5.69 Å². The number of hydrogen-bond acceptors (Lipinski definition) is 14. The molecule has 4 aromatic heterocycles. The second kappa shape index (κ2) is 23.1. The van der Waals surface area contributed by atoms with Gasteiger partial charge in [0, 0.05) is 68.1 Å². The fraction of sp³-hybridized carbons (Fsp3) is 0.296. The molecule has 0 aliphatic carbocycles. The predicted octanol–water partition coefficient (Wildman–Crippen LogP) is 8.87. The molecule has 2 aliphatic heterocycles. The largest absolute Gasteiger partial charge is 0.507 e. The number of amides is 2. The number of aromatic nitrogens is 6. The summed E-state index contributed by atoms with van der Waals surface area (Å²) in [6.07, 6.45) is 8.21. The topological polar surface area (TPSA) is 193 Å². The van der Waals surface area contributed by atoms with E-state index in [1.807, 2.05) is 51.6 Å². The van der Waals surface area contributed by atoms with Crippen LogP contribution in [0.1, 0.15) is 44.4 Å². The van der Waals surface area contributed by atoms with Crippen molar-refractivity contribution in [1.29, 1.82) is 0 Å². The average Bonchev–Trinajstić information content (AvgIpc) is 3.89. The Bertz CT molecular complexity index is 3390. The summed E-state index contributed by atoms with van der Waals surface area (Å²) in [5, 5.41) is 17.3. The van der Waals surface area contributed by atoms with Gasteiger partial charge in [-0.05, 0) is 94.0 Å². The molecule has 0 spiro atoms. The number of hydrogen-bond donors (Lipinski definition) is 3. The van der Waals surface area contributed by atoms with Crippen LogP contribution in [0.5, 0.6) is 11.5 Å². The lowest BCUT2D eigenvalue weighted by atomic mass is 10.0. The summed E-state index contributed by atoms with van der Waals surface area (Å²) in [6.45, 7) is 13.9. The van der Waals surface area contributed by atoms with Gasteiger partial charge in [0.1, 0.15) is 52.9 Å². The van der Waals surface area contributed by atoms with E-state index in [1.165, 1.54) is 47.3 Å². The van der Waals surface area contributed by atoms with E-state index >= 15 is 4.39 Å². The van der Waals surface area contributed by atoms with Crippen molar-refractivity contribution in [2.45, 2.75) is 52.2 Å². The number of nitrogens with zero attached hydrogens (tertiary/aromatic N) is 9. The Morgan fingerprint density at radius 1 is 1.01 bits per heavy atom. The third-order valence-corrected chi connectivity index (χ3v) is 12.7. The Morgan fingerprint density at radius 3 is 2.51 bits per heavy atom. The van der Waals surface area contributed by atoms with Crippen LogP contribution >= 0.6 is 11.6 Å². The Labute approximate surface area is 435 Å². The van der Waals surface area contributed by atoms with E-state index in [9.17, 15) is 28.3 Å². The number of likely N-dealkylation sites (N-methyl/N-ethyl adjacent to an activating group) is 1. The molecule has 3 N–H and O–H groups in total. The summed E-state index contributed by atoms with van der Waals surface area (Å²) < 4.78 is 57.1. The lowest BCUT2D eigenvalue weighted by molar-refractivity contribution is -0.126. The number of carbonyl (C=O) groups is 2. The number of benzene rings is 3. The number of aromatic hydroxyl groups is 1. The molecule has 0 radical (unpaired) electrons. The summed E-state index contributed by atoms with van der Waals surface area (Å²) in [5.74, 6) is -2.18. The van der Waals surface area contributed by atoms with E-state index in [2.05, 4.69) is 42.1 Å². The van der Waals surface area contributed by atoms with E-state index in [0.29, 0.717) is 90.2 Å². The second-order valence-electron chi connectivity index (χ2n) is 18.5. The molecule has 390 valence electrons. The van der Waals surface area contributed by atoms with Crippen molar-refractivity contribution in [2.24, 2.45) is 0 Å². The number of ether oxygens (including phenoxy) is 2. The smallest absolute Gasteiger partial charge is 0.355 e. The molecular weight excluding hydrogens is 991 g/mol. The quantitative estimate of drug-likeness (QED) is 0.0928. The van der Waals surface area contributed by atoms with Crippen molar-refractivity contribution in [3.05, 3.63) is 142 Å². The number of carbonyl (C=O) groups excluding carboxylic acids is 2. The van der Waals surface area contributed by atoms with Crippen molar-refractivity contribution in [1.82, 2.24) is 39.3 Å². The highest BCUT2D eigenvalue weighted by molar-refractivity contribution is 6.31. The maximum Gasteiger partial charge on any atom is 0.355 e. The van der Waals surface area contributed by atoms with Gasteiger partial charge in [-0.1, -0.05) is 44.2 Å². The lowest BCUT2D eigenvalue weighted by Gasteiger charge is -2.40. The first kappa shape index (κ1) is 53.4. The van der Waals surface area contributed by atoms with Gasteiger partial charge in [-0.15, -0.1) is 0 Å². The number of anilines is 4. The van der Waals surface area contributed by atoms with Crippen molar-refractivity contribution in [3.8, 4) is 28.4 Å². The number of phenolic OH excluding ortho intramolecular Hbond substituents is 1. The molecule has 0 saturated carbocycles. The third-order valence-electron chi connectivity index (χ3n) is 12.4. The minimum absolute atomic E-state index is 0.00436. The van der Waals surface area contributed by atoms with Crippen LogP contribution in [0.3, 0.4) is 0 Å². The van der Waals surface area contributed by atoms with Crippen molar-refractivity contribution in [3.63, 3.8) is 0 Å². The molecule has 2 saturated heterocycles. The van der Waals surface area contributed by atoms with Crippen LogP contribution < -0.4 is 26.0 Å². The predicted molar refractivity (Wildman–Crippen MR) is 283 cm³/mol. The maximum atomic E-state index is 15.8. The molecule has 2 atom stereocenters. The van der Waals surface area contributed by atoms with Crippen molar-refractivity contribution < 1.29 is 37.3 Å². The van der Waals surface area contributed by atoms with E-state index < -0.39 is 40.1 Å². The van der Waals surface area contributed by atoms with Gasteiger partial charge in [-0.3, -0.25) is 14.6 Å². The molecule has 21 heteroatoms. The van der Waals surface area contributed by atoms with E-state index in [1.54, 1.807) is 41.4 Å². The zero-order chi connectivity index (χ0) is 53.7. The van der Waals surface area contributed by atoms with Crippen molar-refractivity contribution >= 4 is 68.4 Å². The van der Waals surface area contributed by atoms with Gasteiger partial charge in [0.15, 0.2) is 11.5 Å². The number of aryl methyl sites for hydroxylation is 1. The Hall–Kier alpha value is -7.94. The minimum atomic E-state index is -0.897. The fourth-order valence-corrected chi connectivity index (χ4v) is 8.94. The van der Waals surface area contributed by atoms with Gasteiger partial charge in [0.2, 0.25) is 11.8 Å². The molecule has 9 rings (SSSR count). The maximum absolute atomic E-state index is 15.8. The first-order valence-electron chi connectivity index (χ1n) is 24.0. The first-order chi connectivity index (χ1) is 35.9. The highest BCUT2D eigenvalue weighted by atomic mass is 35.5.